The van der Waals surface area contributed by atoms with Gasteiger partial charge in [-0.3, -0.25) is 14.6 Å². The van der Waals surface area contributed by atoms with Crippen molar-refractivity contribution in [2.75, 3.05) is 19.7 Å². The van der Waals surface area contributed by atoms with E-state index in [0.717, 1.165) is 6.42 Å². The summed E-state index contributed by atoms with van der Waals surface area (Å²) in [6.07, 6.45) is 3.86. The number of hydrogen-bond donors (Lipinski definition) is 0. The van der Waals surface area contributed by atoms with Crippen molar-refractivity contribution >= 4 is 11.7 Å². The van der Waals surface area contributed by atoms with E-state index in [4.69, 9.17) is 4.74 Å². The summed E-state index contributed by atoms with van der Waals surface area (Å²) >= 11 is 0. The first-order chi connectivity index (χ1) is 8.72. The first-order valence-corrected chi connectivity index (χ1v) is 6.07. The normalized spacial score (nSPS) is 19.6. The van der Waals surface area contributed by atoms with Crippen LogP contribution in [-0.2, 0) is 9.53 Å². The molecule has 0 spiro atoms. The van der Waals surface area contributed by atoms with Gasteiger partial charge in [-0.1, -0.05) is 6.92 Å². The number of Topliss-reactive ketones (excluding diaryl/α,β-unsaturated/α-hetero) is 1. The van der Waals surface area contributed by atoms with Crippen molar-refractivity contribution in [3.8, 4) is 0 Å². The zero-order valence-electron chi connectivity index (χ0n) is 10.3. The van der Waals surface area contributed by atoms with Crippen LogP contribution in [0.5, 0.6) is 0 Å². The third-order valence-corrected chi connectivity index (χ3v) is 3.00. The van der Waals surface area contributed by atoms with Crippen LogP contribution < -0.4 is 0 Å². The Morgan fingerprint density at radius 2 is 2.39 bits per heavy atom. The van der Waals surface area contributed by atoms with Crippen molar-refractivity contribution in [1.29, 1.82) is 0 Å². The lowest BCUT2D eigenvalue weighted by Gasteiger charge is -2.31. The maximum Gasteiger partial charge on any atom is 0.295 e. The molecule has 2 rings (SSSR count). The minimum Gasteiger partial charge on any atom is -0.375 e. The van der Waals surface area contributed by atoms with Crippen LogP contribution in [0.1, 0.15) is 23.7 Å². The molecule has 0 radical (unpaired) electrons. The number of nitrogens with zero attached hydrogens (tertiary/aromatic N) is 2. The molecule has 5 nitrogen and oxygen atoms in total. The molecule has 1 aliphatic rings. The topological polar surface area (TPSA) is 59.5 Å². The highest BCUT2D eigenvalue weighted by atomic mass is 16.5. The van der Waals surface area contributed by atoms with E-state index in [-0.39, 0.29) is 6.10 Å². The van der Waals surface area contributed by atoms with Gasteiger partial charge in [0.15, 0.2) is 0 Å². The molecule has 0 saturated carbocycles. The Kier molecular flexibility index (Phi) is 4.04. The van der Waals surface area contributed by atoms with Crippen LogP contribution in [0.2, 0.25) is 0 Å². The first kappa shape index (κ1) is 12.7. The van der Waals surface area contributed by atoms with Gasteiger partial charge in [-0.2, -0.15) is 0 Å². The lowest BCUT2D eigenvalue weighted by molar-refractivity contribution is -0.133. The summed E-state index contributed by atoms with van der Waals surface area (Å²) in [5.41, 5.74) is 0.335. The zero-order chi connectivity index (χ0) is 13.0. The number of ketones is 1. The number of rotatable bonds is 3. The summed E-state index contributed by atoms with van der Waals surface area (Å²) in [5.74, 6) is -0.968. The maximum absolute atomic E-state index is 12.1. The van der Waals surface area contributed by atoms with Crippen LogP contribution in [0.3, 0.4) is 0 Å². The zero-order valence-corrected chi connectivity index (χ0v) is 10.3. The summed E-state index contributed by atoms with van der Waals surface area (Å²) in [7, 11) is 0. The van der Waals surface area contributed by atoms with Crippen molar-refractivity contribution in [2.45, 2.75) is 19.4 Å². The molecule has 0 aliphatic carbocycles. The number of hydrogen-bond acceptors (Lipinski definition) is 4. The minimum atomic E-state index is -0.500. The monoisotopic (exact) mass is 248 g/mol. The third kappa shape index (κ3) is 2.73. The fraction of sp³-hybridized carbons (Fsp3) is 0.462. The largest absolute Gasteiger partial charge is 0.375 e. The molecule has 0 unspecified atom stereocenters. The Bertz CT molecular complexity index is 433. The number of amides is 1. The third-order valence-electron chi connectivity index (χ3n) is 3.00. The summed E-state index contributed by atoms with van der Waals surface area (Å²) in [6, 6.07) is 3.25. The number of carbonyl (C=O) groups is 2. The average Bonchev–Trinajstić information content (AvgIpc) is 2.46. The van der Waals surface area contributed by atoms with Crippen LogP contribution in [0, 0.1) is 0 Å². The number of pyridine rings is 1. The van der Waals surface area contributed by atoms with Crippen LogP contribution in [0.4, 0.5) is 0 Å². The molecule has 1 amide bonds. The molecule has 96 valence electrons. The SMILES string of the molecule is CC[C@@H]1CN(C(=O)C(=O)c2cccnc2)CCO1. The molecule has 1 atom stereocenters. The maximum atomic E-state index is 12.1. The fourth-order valence-electron chi connectivity index (χ4n) is 1.91. The highest BCUT2D eigenvalue weighted by Crippen LogP contribution is 2.10. The van der Waals surface area contributed by atoms with Gasteiger partial charge in [-0.25, -0.2) is 0 Å². The Balaban J connectivity index is 2.05. The molecule has 5 heteroatoms. The first-order valence-electron chi connectivity index (χ1n) is 6.07. The van der Waals surface area contributed by atoms with E-state index in [1.54, 1.807) is 23.2 Å². The minimum absolute atomic E-state index is 0.0319. The highest BCUT2D eigenvalue weighted by Gasteiger charge is 2.28. The van der Waals surface area contributed by atoms with Gasteiger partial charge in [0.05, 0.1) is 12.7 Å². The van der Waals surface area contributed by atoms with E-state index in [0.29, 0.717) is 25.3 Å². The molecule has 1 fully saturated rings. The van der Waals surface area contributed by atoms with E-state index in [9.17, 15) is 9.59 Å². The Morgan fingerprint density at radius 3 is 3.06 bits per heavy atom. The second kappa shape index (κ2) is 5.73. The van der Waals surface area contributed by atoms with Gasteiger partial charge in [0.2, 0.25) is 0 Å². The number of aromatic nitrogens is 1. The van der Waals surface area contributed by atoms with Crippen molar-refractivity contribution in [3.63, 3.8) is 0 Å². The predicted molar refractivity (Wildman–Crippen MR) is 65.2 cm³/mol. The molecule has 0 bridgehead atoms. The summed E-state index contributed by atoms with van der Waals surface area (Å²) < 4.78 is 5.48. The predicted octanol–water partition coefficient (Wildman–Crippen LogP) is 0.902. The van der Waals surface area contributed by atoms with Crippen molar-refractivity contribution < 1.29 is 14.3 Å². The van der Waals surface area contributed by atoms with Gasteiger partial charge in [0, 0.05) is 31.0 Å². The van der Waals surface area contributed by atoms with Gasteiger partial charge in [-0.05, 0) is 18.6 Å². The standard InChI is InChI=1S/C13H16N2O3/c1-2-11-9-15(6-7-18-11)13(17)12(16)10-4-3-5-14-8-10/h3-5,8,11H,2,6-7,9H2,1H3/t11-/m1/s1. The van der Waals surface area contributed by atoms with Gasteiger partial charge in [0.25, 0.3) is 11.7 Å². The van der Waals surface area contributed by atoms with Crippen molar-refractivity contribution in [3.05, 3.63) is 30.1 Å². The van der Waals surface area contributed by atoms with Gasteiger partial charge >= 0.3 is 0 Å². The van der Waals surface area contributed by atoms with Gasteiger partial charge in [0.1, 0.15) is 0 Å². The lowest BCUT2D eigenvalue weighted by atomic mass is 10.1. The summed E-state index contributed by atoms with van der Waals surface area (Å²) in [6.45, 7) is 3.45. The van der Waals surface area contributed by atoms with Crippen molar-refractivity contribution in [1.82, 2.24) is 9.88 Å². The van der Waals surface area contributed by atoms with E-state index in [1.165, 1.54) is 6.20 Å². The van der Waals surface area contributed by atoms with Crippen LogP contribution >= 0.6 is 0 Å². The smallest absolute Gasteiger partial charge is 0.295 e. The fourth-order valence-corrected chi connectivity index (χ4v) is 1.91. The molecule has 1 aromatic heterocycles. The highest BCUT2D eigenvalue weighted by molar-refractivity contribution is 6.42. The summed E-state index contributed by atoms with van der Waals surface area (Å²) in [5, 5.41) is 0. The molecule has 2 heterocycles. The number of ether oxygens (including phenoxy) is 1. The van der Waals surface area contributed by atoms with Crippen LogP contribution in [0.25, 0.3) is 0 Å². The average molecular weight is 248 g/mol. The van der Waals surface area contributed by atoms with Crippen molar-refractivity contribution in [2.24, 2.45) is 0 Å². The van der Waals surface area contributed by atoms with Crippen LogP contribution in [0.15, 0.2) is 24.5 Å². The van der Waals surface area contributed by atoms with Crippen LogP contribution in [-0.4, -0.2) is 47.4 Å². The molecule has 18 heavy (non-hydrogen) atoms. The van der Waals surface area contributed by atoms with E-state index >= 15 is 0 Å². The number of carbonyl (C=O) groups excluding carboxylic acids is 2. The molecule has 1 aliphatic heterocycles. The molecule has 0 N–H and O–H groups in total. The molecule has 0 aromatic carbocycles. The molecular formula is C13H16N2O3. The number of morpholine rings is 1. The Morgan fingerprint density at radius 1 is 1.56 bits per heavy atom. The van der Waals surface area contributed by atoms with Gasteiger partial charge in [-0.15, -0.1) is 0 Å². The molecular weight excluding hydrogens is 232 g/mol. The van der Waals surface area contributed by atoms with E-state index in [1.807, 2.05) is 6.92 Å². The van der Waals surface area contributed by atoms with E-state index < -0.39 is 11.7 Å². The second-order valence-electron chi connectivity index (χ2n) is 4.22. The lowest BCUT2D eigenvalue weighted by Crippen LogP contribution is -2.47. The Hall–Kier alpha value is -1.75. The quantitative estimate of drug-likeness (QED) is 0.589. The molecule has 1 aromatic rings. The Labute approximate surface area is 106 Å². The van der Waals surface area contributed by atoms with E-state index in [2.05, 4.69) is 4.98 Å². The molecule has 1 saturated heterocycles. The van der Waals surface area contributed by atoms with Gasteiger partial charge < -0.3 is 9.64 Å². The summed E-state index contributed by atoms with van der Waals surface area (Å²) in [4.78, 5) is 29.4. The second-order valence-corrected chi connectivity index (χ2v) is 4.22.